The normalized spacial score (nSPS) is 22.3. The van der Waals surface area contributed by atoms with E-state index < -0.39 is 30.1 Å². The SMILES string of the molecule is CC(=O)OC1=COC[C@@H](OC(C)=O)[C@H]1OC(C)=O. The molecule has 7 heteroatoms. The van der Waals surface area contributed by atoms with Gasteiger partial charge < -0.3 is 18.9 Å². The molecule has 0 saturated heterocycles. The van der Waals surface area contributed by atoms with Gasteiger partial charge in [0.2, 0.25) is 6.10 Å². The summed E-state index contributed by atoms with van der Waals surface area (Å²) in [4.78, 5) is 32.8. The van der Waals surface area contributed by atoms with Crippen LogP contribution in [0.1, 0.15) is 20.8 Å². The van der Waals surface area contributed by atoms with E-state index in [0.29, 0.717) is 0 Å². The molecular formula is C11H14O7. The first kappa shape index (κ1) is 14.0. The topological polar surface area (TPSA) is 88.1 Å². The van der Waals surface area contributed by atoms with Crippen molar-refractivity contribution in [3.8, 4) is 0 Å². The molecule has 1 aliphatic rings. The molecule has 0 radical (unpaired) electrons. The molecule has 7 nitrogen and oxygen atoms in total. The minimum Gasteiger partial charge on any atom is -0.493 e. The molecule has 2 atom stereocenters. The number of carbonyl (C=O) groups is 3. The van der Waals surface area contributed by atoms with Crippen molar-refractivity contribution in [2.75, 3.05) is 6.61 Å². The summed E-state index contributed by atoms with van der Waals surface area (Å²) in [5.41, 5.74) is 0. The molecule has 0 aromatic heterocycles. The second-order valence-electron chi connectivity index (χ2n) is 3.63. The van der Waals surface area contributed by atoms with E-state index >= 15 is 0 Å². The predicted molar refractivity (Wildman–Crippen MR) is 56.9 cm³/mol. The minimum atomic E-state index is -0.982. The van der Waals surface area contributed by atoms with E-state index in [1.54, 1.807) is 0 Å². The summed E-state index contributed by atoms with van der Waals surface area (Å²) in [5, 5.41) is 0. The van der Waals surface area contributed by atoms with E-state index in [0.717, 1.165) is 6.26 Å². The van der Waals surface area contributed by atoms with Gasteiger partial charge in [0.1, 0.15) is 12.9 Å². The Hall–Kier alpha value is -2.05. The highest BCUT2D eigenvalue weighted by atomic mass is 16.6. The molecule has 1 heterocycles. The highest BCUT2D eigenvalue weighted by Gasteiger charge is 2.36. The van der Waals surface area contributed by atoms with E-state index in [2.05, 4.69) is 0 Å². The third-order valence-corrected chi connectivity index (χ3v) is 1.95. The quantitative estimate of drug-likeness (QED) is 0.530. The van der Waals surface area contributed by atoms with Crippen molar-refractivity contribution in [3.05, 3.63) is 12.0 Å². The summed E-state index contributed by atoms with van der Waals surface area (Å²) in [7, 11) is 0. The van der Waals surface area contributed by atoms with Crippen LogP contribution in [-0.2, 0) is 33.3 Å². The van der Waals surface area contributed by atoms with Crippen molar-refractivity contribution in [1.82, 2.24) is 0 Å². The van der Waals surface area contributed by atoms with Gasteiger partial charge in [0, 0.05) is 20.8 Å². The molecule has 0 saturated carbocycles. The third-order valence-electron chi connectivity index (χ3n) is 1.95. The smallest absolute Gasteiger partial charge is 0.307 e. The van der Waals surface area contributed by atoms with Gasteiger partial charge in [-0.25, -0.2) is 0 Å². The van der Waals surface area contributed by atoms with Crippen molar-refractivity contribution in [2.45, 2.75) is 33.0 Å². The fraction of sp³-hybridized carbons (Fsp3) is 0.545. The highest BCUT2D eigenvalue weighted by Crippen LogP contribution is 2.21. The molecule has 0 amide bonds. The largest absolute Gasteiger partial charge is 0.493 e. The van der Waals surface area contributed by atoms with Crippen LogP contribution in [0.3, 0.4) is 0 Å². The number of carbonyl (C=O) groups excluding carboxylic acids is 3. The molecule has 0 N–H and O–H groups in total. The summed E-state index contributed by atoms with van der Waals surface area (Å²) in [6.07, 6.45) is -0.663. The summed E-state index contributed by atoms with van der Waals surface area (Å²) in [6, 6.07) is 0. The van der Waals surface area contributed by atoms with Gasteiger partial charge in [-0.15, -0.1) is 0 Å². The minimum absolute atomic E-state index is 0.00444. The van der Waals surface area contributed by atoms with Crippen LogP contribution in [0.25, 0.3) is 0 Å². The van der Waals surface area contributed by atoms with Gasteiger partial charge >= 0.3 is 17.9 Å². The fourth-order valence-corrected chi connectivity index (χ4v) is 1.43. The third kappa shape index (κ3) is 4.08. The van der Waals surface area contributed by atoms with Crippen molar-refractivity contribution in [1.29, 1.82) is 0 Å². The lowest BCUT2D eigenvalue weighted by molar-refractivity contribution is -0.173. The van der Waals surface area contributed by atoms with Crippen molar-refractivity contribution in [2.24, 2.45) is 0 Å². The average molecular weight is 258 g/mol. The van der Waals surface area contributed by atoms with Crippen LogP contribution < -0.4 is 0 Å². The van der Waals surface area contributed by atoms with Crippen LogP contribution in [-0.4, -0.2) is 36.7 Å². The van der Waals surface area contributed by atoms with Crippen LogP contribution in [0, 0.1) is 0 Å². The Morgan fingerprint density at radius 3 is 2.22 bits per heavy atom. The zero-order chi connectivity index (χ0) is 13.7. The number of esters is 3. The summed E-state index contributed by atoms with van der Waals surface area (Å²) in [6.45, 7) is 3.63. The maximum absolute atomic E-state index is 11.0. The Bertz CT molecular complexity index is 385. The predicted octanol–water partition coefficient (Wildman–Crippen LogP) is 0.284. The molecule has 1 aliphatic heterocycles. The molecule has 18 heavy (non-hydrogen) atoms. The Morgan fingerprint density at radius 1 is 1.11 bits per heavy atom. The monoisotopic (exact) mass is 258 g/mol. The van der Waals surface area contributed by atoms with E-state index in [1.165, 1.54) is 20.8 Å². The van der Waals surface area contributed by atoms with Gasteiger partial charge in [-0.3, -0.25) is 14.4 Å². The Balaban J connectivity index is 2.86. The van der Waals surface area contributed by atoms with Crippen molar-refractivity contribution in [3.63, 3.8) is 0 Å². The lowest BCUT2D eigenvalue weighted by atomic mass is 10.1. The standard InChI is InChI=1S/C11H14O7/c1-6(12)16-9-4-15-5-10(17-7(2)13)11(9)18-8(3)14/h4,10-11H,5H2,1-3H3/t10-,11+/m1/s1. The van der Waals surface area contributed by atoms with E-state index in [4.69, 9.17) is 18.9 Å². The van der Waals surface area contributed by atoms with Gasteiger partial charge in [-0.2, -0.15) is 0 Å². The molecular weight excluding hydrogens is 244 g/mol. The second-order valence-corrected chi connectivity index (χ2v) is 3.63. The highest BCUT2D eigenvalue weighted by molar-refractivity contribution is 5.69. The van der Waals surface area contributed by atoms with Crippen molar-refractivity contribution >= 4 is 17.9 Å². The van der Waals surface area contributed by atoms with Gasteiger partial charge in [0.25, 0.3) is 0 Å². The second kappa shape index (κ2) is 6.04. The first-order chi connectivity index (χ1) is 8.40. The molecule has 0 bridgehead atoms. The average Bonchev–Trinajstić information content (AvgIpc) is 2.20. The summed E-state index contributed by atoms with van der Waals surface area (Å²) in [5.74, 6) is -1.73. The Kier molecular flexibility index (Phi) is 4.70. The van der Waals surface area contributed by atoms with Crippen LogP contribution in [0.15, 0.2) is 12.0 Å². The van der Waals surface area contributed by atoms with Crippen LogP contribution >= 0.6 is 0 Å². The van der Waals surface area contributed by atoms with Gasteiger partial charge in [0.15, 0.2) is 11.9 Å². The molecule has 0 aliphatic carbocycles. The van der Waals surface area contributed by atoms with Crippen LogP contribution in [0.2, 0.25) is 0 Å². The summed E-state index contributed by atoms with van der Waals surface area (Å²) >= 11 is 0. The fourth-order valence-electron chi connectivity index (χ4n) is 1.43. The number of hydrogen-bond donors (Lipinski definition) is 0. The molecule has 0 aromatic carbocycles. The zero-order valence-electron chi connectivity index (χ0n) is 10.3. The molecule has 0 aromatic rings. The van der Waals surface area contributed by atoms with Gasteiger partial charge in [-0.05, 0) is 0 Å². The lowest BCUT2D eigenvalue weighted by Crippen LogP contribution is -2.42. The van der Waals surface area contributed by atoms with Crippen LogP contribution in [0.4, 0.5) is 0 Å². The van der Waals surface area contributed by atoms with Gasteiger partial charge in [0.05, 0.1) is 0 Å². The zero-order valence-corrected chi connectivity index (χ0v) is 10.3. The number of ether oxygens (including phenoxy) is 4. The maximum atomic E-state index is 11.0. The van der Waals surface area contributed by atoms with Crippen molar-refractivity contribution < 1.29 is 33.3 Å². The maximum Gasteiger partial charge on any atom is 0.307 e. The Labute approximate surface area is 104 Å². The molecule has 0 unspecified atom stereocenters. The molecule has 100 valence electrons. The van der Waals surface area contributed by atoms with E-state index in [-0.39, 0.29) is 12.4 Å². The van der Waals surface area contributed by atoms with E-state index in [9.17, 15) is 14.4 Å². The Morgan fingerprint density at radius 2 is 1.72 bits per heavy atom. The van der Waals surface area contributed by atoms with Crippen LogP contribution in [0.5, 0.6) is 0 Å². The van der Waals surface area contributed by atoms with E-state index in [1.807, 2.05) is 0 Å². The number of rotatable bonds is 3. The number of hydrogen-bond acceptors (Lipinski definition) is 7. The molecule has 1 rings (SSSR count). The first-order valence-electron chi connectivity index (χ1n) is 5.24. The lowest BCUT2D eigenvalue weighted by Gasteiger charge is -2.29. The summed E-state index contributed by atoms with van der Waals surface area (Å²) < 4.78 is 19.8. The first-order valence-corrected chi connectivity index (χ1v) is 5.24. The van der Waals surface area contributed by atoms with Gasteiger partial charge in [-0.1, -0.05) is 0 Å². The molecule has 0 fully saturated rings. The molecule has 0 spiro atoms.